The molecule has 0 N–H and O–H groups in total. The summed E-state index contributed by atoms with van der Waals surface area (Å²) in [4.78, 5) is 2.37. The average Bonchev–Trinajstić information content (AvgIpc) is 3.72. The monoisotopic (exact) mass is 814 g/mol. The Morgan fingerprint density at radius 3 is 1.38 bits per heavy atom. The molecule has 2 heterocycles. The third-order valence-electron chi connectivity index (χ3n) is 12.8. The summed E-state index contributed by atoms with van der Waals surface area (Å²) >= 11 is 0. The molecule has 64 heavy (non-hydrogen) atoms. The van der Waals surface area contributed by atoms with Crippen LogP contribution in [0.25, 0.3) is 93.6 Å². The normalized spacial score (nSPS) is 11.4. The van der Waals surface area contributed by atoms with Crippen LogP contribution in [0.1, 0.15) is 0 Å². The molecule has 0 spiro atoms. The summed E-state index contributed by atoms with van der Waals surface area (Å²) in [6, 6.07) is 90.4. The van der Waals surface area contributed by atoms with Gasteiger partial charge in [-0.2, -0.15) is 0 Å². The van der Waals surface area contributed by atoms with Crippen LogP contribution < -0.4 is 4.90 Å². The number of benzene rings is 10. The molecule has 0 bridgehead atoms. The third-order valence-corrected chi connectivity index (χ3v) is 12.8. The van der Waals surface area contributed by atoms with Crippen LogP contribution >= 0.6 is 0 Å². The molecule has 2 aromatic heterocycles. The van der Waals surface area contributed by atoms with E-state index in [0.717, 1.165) is 17.1 Å². The number of pyridine rings is 1. The summed E-state index contributed by atoms with van der Waals surface area (Å²) in [7, 11) is 0. The molecule has 0 unspecified atom stereocenters. The molecular weight excluding hydrogens is 773 g/mol. The lowest BCUT2D eigenvalue weighted by molar-refractivity contribution is 1.26. The summed E-state index contributed by atoms with van der Waals surface area (Å²) in [6.07, 6.45) is 2.19. The van der Waals surface area contributed by atoms with E-state index in [-0.39, 0.29) is 0 Å². The van der Waals surface area contributed by atoms with Crippen molar-refractivity contribution in [3.63, 3.8) is 0 Å². The molecule has 2 heteroatoms. The fraction of sp³-hybridized carbons (Fsp3) is 0. The van der Waals surface area contributed by atoms with Gasteiger partial charge in [0, 0.05) is 34.2 Å². The van der Waals surface area contributed by atoms with E-state index in [9.17, 15) is 0 Å². The minimum absolute atomic E-state index is 1.09. The van der Waals surface area contributed by atoms with Gasteiger partial charge in [-0.25, -0.2) is 0 Å². The van der Waals surface area contributed by atoms with Gasteiger partial charge in [0.15, 0.2) is 0 Å². The highest BCUT2D eigenvalue weighted by Gasteiger charge is 2.20. The molecule has 0 atom stereocenters. The van der Waals surface area contributed by atoms with E-state index in [2.05, 4.69) is 264 Å². The lowest BCUT2D eigenvalue weighted by Crippen LogP contribution is -2.09. The lowest BCUT2D eigenvalue weighted by Gasteiger charge is -2.26. The Bertz CT molecular complexity index is 3600. The molecule has 12 aromatic rings. The minimum atomic E-state index is 1.09. The first kappa shape index (κ1) is 37.3. The highest BCUT2D eigenvalue weighted by molar-refractivity contribution is 6.22. The van der Waals surface area contributed by atoms with Crippen molar-refractivity contribution in [1.82, 2.24) is 4.40 Å². The van der Waals surface area contributed by atoms with Crippen LogP contribution in [0.15, 0.2) is 255 Å². The molecule has 10 aromatic carbocycles. The van der Waals surface area contributed by atoms with Gasteiger partial charge < -0.3 is 9.30 Å². The maximum Gasteiger partial charge on any atom is 0.0541 e. The SMILES string of the molecule is c1ccc(-c2ccc(-c3ccc(N(c4ccc(-c5cccc6ccccc56)cc4)c4ccc(-c5cccc6ccc7c(c(-c8ccccc8)c8ccccn87)c56)cc4)cc3)cc2)cc1. The van der Waals surface area contributed by atoms with Gasteiger partial charge >= 0.3 is 0 Å². The third kappa shape index (κ3) is 6.52. The molecule has 0 aliphatic rings. The number of fused-ring (bicyclic) bond motifs is 6. The zero-order chi connectivity index (χ0) is 42.4. The maximum absolute atomic E-state index is 2.37. The van der Waals surface area contributed by atoms with Gasteiger partial charge in [0.05, 0.1) is 11.0 Å². The lowest BCUT2D eigenvalue weighted by atomic mass is 9.92. The molecule has 0 amide bonds. The van der Waals surface area contributed by atoms with Crippen LogP contribution in [-0.4, -0.2) is 4.40 Å². The Morgan fingerprint density at radius 2 is 0.734 bits per heavy atom. The number of aromatic nitrogens is 1. The fourth-order valence-corrected chi connectivity index (χ4v) is 9.74. The van der Waals surface area contributed by atoms with Crippen LogP contribution in [0, 0.1) is 0 Å². The summed E-state index contributed by atoms with van der Waals surface area (Å²) in [5.41, 5.74) is 17.8. The van der Waals surface area contributed by atoms with Crippen molar-refractivity contribution in [2.45, 2.75) is 0 Å². The summed E-state index contributed by atoms with van der Waals surface area (Å²) in [5.74, 6) is 0. The van der Waals surface area contributed by atoms with Crippen molar-refractivity contribution < 1.29 is 0 Å². The van der Waals surface area contributed by atoms with Crippen molar-refractivity contribution in [1.29, 1.82) is 0 Å². The molecule has 0 fully saturated rings. The van der Waals surface area contributed by atoms with Gasteiger partial charge in [-0.15, -0.1) is 0 Å². The van der Waals surface area contributed by atoms with Crippen LogP contribution in [0.5, 0.6) is 0 Å². The standard InChI is InChI=1S/C62H42N2/c1-3-13-43(14-4-1)44-24-26-45(27-25-44)46-28-35-52(36-29-46)64(53-37-30-48(31-38-53)56-21-11-18-47-15-7-8-20-55(47)56)54-39-32-49(33-40-54)57-22-12-19-51-34-41-59-62(60(51)57)61(50-16-5-2-6-17-50)58-23-9-10-42-63(58)59/h1-42H. The van der Waals surface area contributed by atoms with E-state index in [0.29, 0.717) is 0 Å². The Balaban J connectivity index is 0.961. The summed E-state index contributed by atoms with van der Waals surface area (Å²) in [6.45, 7) is 0. The molecular formula is C62H42N2. The number of hydrogen-bond acceptors (Lipinski definition) is 1. The topological polar surface area (TPSA) is 7.65 Å². The molecule has 0 aliphatic heterocycles. The largest absolute Gasteiger partial charge is 0.316 e. The molecule has 0 radical (unpaired) electrons. The minimum Gasteiger partial charge on any atom is -0.316 e. The molecule has 12 rings (SSSR count). The van der Waals surface area contributed by atoms with Gasteiger partial charge in [0.2, 0.25) is 0 Å². The van der Waals surface area contributed by atoms with Gasteiger partial charge in [-0.3, -0.25) is 0 Å². The van der Waals surface area contributed by atoms with Crippen molar-refractivity contribution >= 4 is 55.0 Å². The molecule has 0 aliphatic carbocycles. The van der Waals surface area contributed by atoms with Gasteiger partial charge in [0.1, 0.15) is 0 Å². The average molecular weight is 815 g/mol. The first-order valence-corrected chi connectivity index (χ1v) is 22.0. The second kappa shape index (κ2) is 15.8. The number of anilines is 3. The fourth-order valence-electron chi connectivity index (χ4n) is 9.74. The summed E-state index contributed by atoms with van der Waals surface area (Å²) < 4.78 is 2.34. The van der Waals surface area contributed by atoms with Gasteiger partial charge in [-0.1, -0.05) is 194 Å². The van der Waals surface area contributed by atoms with Crippen molar-refractivity contribution in [2.75, 3.05) is 4.90 Å². The molecule has 300 valence electrons. The van der Waals surface area contributed by atoms with Crippen molar-refractivity contribution in [2.24, 2.45) is 0 Å². The Morgan fingerprint density at radius 1 is 0.266 bits per heavy atom. The molecule has 0 saturated carbocycles. The van der Waals surface area contributed by atoms with Gasteiger partial charge in [-0.05, 0) is 126 Å². The van der Waals surface area contributed by atoms with E-state index in [1.807, 2.05) is 0 Å². The highest BCUT2D eigenvalue weighted by Crippen LogP contribution is 2.44. The quantitative estimate of drug-likeness (QED) is 0.148. The smallest absolute Gasteiger partial charge is 0.0541 e. The van der Waals surface area contributed by atoms with E-state index in [4.69, 9.17) is 0 Å². The number of rotatable bonds is 8. The van der Waals surface area contributed by atoms with Crippen molar-refractivity contribution in [3.05, 3.63) is 255 Å². The maximum atomic E-state index is 2.37. The van der Waals surface area contributed by atoms with E-state index < -0.39 is 0 Å². The van der Waals surface area contributed by atoms with Crippen LogP contribution in [0.4, 0.5) is 17.1 Å². The van der Waals surface area contributed by atoms with Crippen LogP contribution in [0.3, 0.4) is 0 Å². The van der Waals surface area contributed by atoms with Gasteiger partial charge in [0.25, 0.3) is 0 Å². The van der Waals surface area contributed by atoms with E-state index >= 15 is 0 Å². The van der Waals surface area contributed by atoms with E-state index in [1.54, 1.807) is 0 Å². The second-order valence-electron chi connectivity index (χ2n) is 16.5. The van der Waals surface area contributed by atoms with Crippen LogP contribution in [-0.2, 0) is 0 Å². The number of nitrogens with zero attached hydrogens (tertiary/aromatic N) is 2. The summed E-state index contributed by atoms with van der Waals surface area (Å²) in [5, 5.41) is 6.27. The molecule has 0 saturated heterocycles. The van der Waals surface area contributed by atoms with E-state index in [1.165, 1.54) is 93.6 Å². The predicted octanol–water partition coefficient (Wildman–Crippen LogP) is 17.2. The predicted molar refractivity (Wildman–Crippen MR) is 272 cm³/mol. The second-order valence-corrected chi connectivity index (χ2v) is 16.5. The molecule has 2 nitrogen and oxygen atoms in total. The Labute approximate surface area is 373 Å². The first-order valence-electron chi connectivity index (χ1n) is 22.0. The Hall–Kier alpha value is -8.46. The number of hydrogen-bond donors (Lipinski definition) is 0. The Kier molecular flexibility index (Phi) is 9.20. The first-order chi connectivity index (χ1) is 31.7. The highest BCUT2D eigenvalue weighted by atomic mass is 15.1. The zero-order valence-corrected chi connectivity index (χ0v) is 35.1. The zero-order valence-electron chi connectivity index (χ0n) is 35.1. The van der Waals surface area contributed by atoms with Crippen LogP contribution in [0.2, 0.25) is 0 Å². The van der Waals surface area contributed by atoms with Crippen molar-refractivity contribution in [3.8, 4) is 55.6 Å².